The molecule has 0 aromatic heterocycles. The molecule has 2 unspecified atom stereocenters. The number of carboxylic acid groups (broad SMARTS) is 1. The van der Waals surface area contributed by atoms with Gasteiger partial charge in [-0.05, 0) is 29.7 Å². The van der Waals surface area contributed by atoms with Crippen molar-refractivity contribution in [1.82, 2.24) is 16.0 Å². The molecule has 2 aromatic rings. The summed E-state index contributed by atoms with van der Waals surface area (Å²) >= 11 is 0. The number of rotatable bonds is 21. The van der Waals surface area contributed by atoms with Crippen LogP contribution in [-0.2, 0) is 48.4 Å². The van der Waals surface area contributed by atoms with Crippen molar-refractivity contribution in [3.8, 4) is 5.75 Å². The maximum absolute atomic E-state index is 13.5. The molecule has 0 radical (unpaired) electrons. The Morgan fingerprint density at radius 3 is 2.21 bits per heavy atom. The minimum absolute atomic E-state index is 0.0358. The molecule has 0 heterocycles. The van der Waals surface area contributed by atoms with E-state index in [0.717, 1.165) is 24.8 Å². The summed E-state index contributed by atoms with van der Waals surface area (Å²) in [4.78, 5) is 58.6. The van der Waals surface area contributed by atoms with Gasteiger partial charge in [-0.2, -0.15) is 0 Å². The minimum atomic E-state index is -1.14. The van der Waals surface area contributed by atoms with E-state index in [-0.39, 0.29) is 45.5 Å². The molecule has 0 saturated heterocycles. The summed E-state index contributed by atoms with van der Waals surface area (Å²) in [5, 5.41) is 34.8. The molecular weight excluding hydrogens is 562 g/mol. The van der Waals surface area contributed by atoms with E-state index in [0.29, 0.717) is 23.4 Å². The van der Waals surface area contributed by atoms with Crippen LogP contribution in [0.1, 0.15) is 55.7 Å². The van der Waals surface area contributed by atoms with Gasteiger partial charge in [0, 0.05) is 31.4 Å². The second-order valence-electron chi connectivity index (χ2n) is 9.86. The Labute approximate surface area is 250 Å². The summed E-state index contributed by atoms with van der Waals surface area (Å²) in [6.45, 7) is 2.20. The molecule has 6 N–H and O–H groups in total. The van der Waals surface area contributed by atoms with Crippen LogP contribution in [0.2, 0.25) is 0 Å². The van der Waals surface area contributed by atoms with Crippen LogP contribution >= 0.6 is 0 Å². The number of carbonyl (C=O) groups is 4. The third kappa shape index (κ3) is 13.7. The third-order valence-electron chi connectivity index (χ3n) is 6.43. The van der Waals surface area contributed by atoms with Crippen LogP contribution in [0.25, 0.3) is 0 Å². The van der Waals surface area contributed by atoms with E-state index in [1.807, 2.05) is 13.0 Å². The van der Waals surface area contributed by atoms with Gasteiger partial charge >= 0.3 is 5.97 Å². The fraction of sp³-hybridized carbons (Fsp3) is 0.467. The quantitative estimate of drug-likeness (QED) is 0.0701. The minimum Gasteiger partial charge on any atom is -0.491 e. The van der Waals surface area contributed by atoms with Gasteiger partial charge < -0.3 is 25.8 Å². The zero-order valence-corrected chi connectivity index (χ0v) is 24.3. The van der Waals surface area contributed by atoms with Crippen LogP contribution in [0.5, 0.6) is 5.75 Å². The first-order chi connectivity index (χ1) is 20.8. The molecule has 2 atom stereocenters. The molecule has 13 heteroatoms. The Morgan fingerprint density at radius 1 is 0.814 bits per heavy atom. The topological polar surface area (TPSA) is 193 Å². The molecule has 3 amide bonds. The lowest BCUT2D eigenvalue weighted by Crippen LogP contribution is -2.55. The Morgan fingerprint density at radius 2 is 1.53 bits per heavy atom. The Bertz CT molecular complexity index is 1160. The highest BCUT2D eigenvalue weighted by Crippen LogP contribution is 2.22. The van der Waals surface area contributed by atoms with E-state index in [4.69, 9.17) is 20.4 Å². The molecule has 0 fully saturated rings. The molecule has 236 valence electrons. The third-order valence-corrected chi connectivity index (χ3v) is 6.43. The number of aliphatic carboxylic acids is 1. The molecule has 2 rings (SSSR count). The van der Waals surface area contributed by atoms with E-state index < -0.39 is 35.8 Å². The Kier molecular flexibility index (Phi) is 16.3. The van der Waals surface area contributed by atoms with Crippen LogP contribution in [0.3, 0.4) is 0 Å². The molecule has 0 spiro atoms. The molecule has 0 aliphatic heterocycles. The van der Waals surface area contributed by atoms with Crippen molar-refractivity contribution in [2.75, 3.05) is 19.8 Å². The summed E-state index contributed by atoms with van der Waals surface area (Å²) in [5.74, 6) is -2.39. The maximum atomic E-state index is 13.5. The molecule has 0 aliphatic rings. The van der Waals surface area contributed by atoms with Gasteiger partial charge in [0.25, 0.3) is 0 Å². The fourth-order valence-electron chi connectivity index (χ4n) is 4.24. The van der Waals surface area contributed by atoms with Gasteiger partial charge in [-0.3, -0.25) is 29.7 Å². The fourth-order valence-corrected chi connectivity index (χ4v) is 4.24. The summed E-state index contributed by atoms with van der Waals surface area (Å²) in [5.41, 5.74) is 1.84. The number of unbranched alkanes of at least 4 members (excludes halogenated alkanes) is 2. The molecule has 13 nitrogen and oxygen atoms in total. The zero-order valence-electron chi connectivity index (χ0n) is 24.3. The monoisotopic (exact) mass is 603 g/mol. The second kappa shape index (κ2) is 20.0. The van der Waals surface area contributed by atoms with E-state index in [9.17, 15) is 19.2 Å². The number of ether oxygens (including phenoxy) is 1. The first-order valence-corrected chi connectivity index (χ1v) is 14.2. The first-order valence-electron chi connectivity index (χ1n) is 14.2. The summed E-state index contributed by atoms with van der Waals surface area (Å²) in [6.07, 6.45) is 2.15. The van der Waals surface area contributed by atoms with Crippen molar-refractivity contribution in [3.05, 3.63) is 65.2 Å². The average Bonchev–Trinajstić information content (AvgIpc) is 2.99. The number of hydrogen-bond donors (Lipinski definition) is 6. The van der Waals surface area contributed by atoms with Gasteiger partial charge in [-0.1, -0.05) is 56.2 Å². The lowest BCUT2D eigenvalue weighted by atomic mass is 10.0. The number of carboxylic acids is 1. The van der Waals surface area contributed by atoms with Gasteiger partial charge in [0.15, 0.2) is 0 Å². The Hall–Kier alpha value is -4.04. The van der Waals surface area contributed by atoms with Crippen LogP contribution in [-0.4, -0.2) is 71.2 Å². The number of hydrogen-bond acceptors (Lipinski definition) is 9. The van der Waals surface area contributed by atoms with Crippen molar-refractivity contribution in [1.29, 1.82) is 0 Å². The predicted molar refractivity (Wildman–Crippen MR) is 155 cm³/mol. The first kappa shape index (κ1) is 35.2. The Balaban J connectivity index is 2.28. The molecular formula is C30H41N3O10. The second-order valence-corrected chi connectivity index (χ2v) is 9.86. The van der Waals surface area contributed by atoms with Crippen LogP contribution in [0.15, 0.2) is 48.5 Å². The molecule has 0 bridgehead atoms. The summed E-state index contributed by atoms with van der Waals surface area (Å²) in [6, 6.07) is 11.9. The van der Waals surface area contributed by atoms with Crippen molar-refractivity contribution >= 4 is 23.7 Å². The van der Waals surface area contributed by atoms with Gasteiger partial charge in [0.2, 0.25) is 17.7 Å². The number of carbonyl (C=O) groups excluding carboxylic acids is 3. The predicted octanol–water partition coefficient (Wildman–Crippen LogP) is 2.47. The lowest BCUT2D eigenvalue weighted by Gasteiger charge is -2.24. The van der Waals surface area contributed by atoms with Crippen molar-refractivity contribution in [3.63, 3.8) is 0 Å². The number of amides is 3. The van der Waals surface area contributed by atoms with Crippen molar-refractivity contribution in [2.24, 2.45) is 0 Å². The lowest BCUT2D eigenvalue weighted by molar-refractivity contribution is -0.253. The average molecular weight is 604 g/mol. The van der Waals surface area contributed by atoms with E-state index in [2.05, 4.69) is 25.7 Å². The van der Waals surface area contributed by atoms with E-state index in [1.165, 1.54) is 0 Å². The normalized spacial score (nSPS) is 12.2. The highest BCUT2D eigenvalue weighted by molar-refractivity contribution is 5.92. The summed E-state index contributed by atoms with van der Waals surface area (Å²) < 4.78 is 5.54. The van der Waals surface area contributed by atoms with E-state index >= 15 is 0 Å². The van der Waals surface area contributed by atoms with Gasteiger partial charge in [0.05, 0.1) is 6.42 Å². The van der Waals surface area contributed by atoms with Gasteiger partial charge in [-0.25, -0.2) is 9.78 Å². The molecule has 0 saturated carbocycles. The van der Waals surface area contributed by atoms with Crippen LogP contribution < -0.4 is 20.7 Å². The molecule has 0 aliphatic carbocycles. The van der Waals surface area contributed by atoms with Crippen molar-refractivity contribution < 1.29 is 49.3 Å². The standard InChI is InChI=1S/C30H41N3O10/c1-2-3-7-14-31-29(37)24(19-22-10-11-26(41-15-16-42-39)23(17-22)20-43-40)33-30(38)25(18-21-8-5-4-6-9-21)32-27(34)12-13-28(35)36/h4-6,8-11,17,24-25,39-40H,2-3,7,12-16,18-20H2,1H3,(H,31,37)(H,32,34)(H,33,38)(H,35,36). The molecule has 43 heavy (non-hydrogen) atoms. The SMILES string of the molecule is CCCCCNC(=O)C(Cc1ccc(OCCOO)c(COO)c1)NC(=O)C(Cc1ccccc1)NC(=O)CCC(=O)O. The molecule has 2 aromatic carbocycles. The van der Waals surface area contributed by atoms with E-state index in [1.54, 1.807) is 42.5 Å². The van der Waals surface area contributed by atoms with Gasteiger partial charge in [0.1, 0.15) is 37.7 Å². The zero-order chi connectivity index (χ0) is 31.5. The highest BCUT2D eigenvalue weighted by atomic mass is 17.1. The van der Waals surface area contributed by atoms with Gasteiger partial charge in [-0.15, -0.1) is 0 Å². The number of benzene rings is 2. The highest BCUT2D eigenvalue weighted by Gasteiger charge is 2.27. The summed E-state index contributed by atoms with van der Waals surface area (Å²) in [7, 11) is 0. The van der Waals surface area contributed by atoms with Crippen LogP contribution in [0.4, 0.5) is 0 Å². The van der Waals surface area contributed by atoms with Crippen molar-refractivity contribution in [2.45, 2.75) is 70.6 Å². The smallest absolute Gasteiger partial charge is 0.303 e. The number of nitrogens with one attached hydrogen (secondary N) is 3. The van der Waals surface area contributed by atoms with Crippen LogP contribution in [0, 0.1) is 0 Å². The maximum Gasteiger partial charge on any atom is 0.303 e. The largest absolute Gasteiger partial charge is 0.491 e.